The van der Waals surface area contributed by atoms with Crippen LogP contribution in [0.2, 0.25) is 0 Å². The number of amides is 3. The molecule has 3 amide bonds. The smallest absolute Gasteiger partial charge is 0.321 e. The van der Waals surface area contributed by atoms with Crippen molar-refractivity contribution in [3.63, 3.8) is 0 Å². The molecule has 0 aliphatic carbocycles. The largest absolute Gasteiger partial charge is 0.396 e. The molecule has 0 saturated carbocycles. The Kier molecular flexibility index (Phi) is 8.02. The molecular formula is C31H35N7O4. The number of carbonyl (C=O) groups excluding carboxylic acids is 2. The summed E-state index contributed by atoms with van der Waals surface area (Å²) in [5.74, 6) is 0.669. The third kappa shape index (κ3) is 5.79. The summed E-state index contributed by atoms with van der Waals surface area (Å²) in [5, 5.41) is 16.0. The molecule has 6 rings (SSSR count). The predicted octanol–water partition coefficient (Wildman–Crippen LogP) is 4.16. The molecule has 42 heavy (non-hydrogen) atoms. The minimum Gasteiger partial charge on any atom is -0.396 e. The van der Waals surface area contributed by atoms with Crippen molar-refractivity contribution in [2.75, 3.05) is 56.6 Å². The number of nitrogens with one attached hydrogen (secondary N) is 2. The molecule has 4 aromatic rings. The van der Waals surface area contributed by atoms with Crippen LogP contribution in [0.3, 0.4) is 0 Å². The molecule has 11 nitrogen and oxygen atoms in total. The fourth-order valence-electron chi connectivity index (χ4n) is 5.63. The number of aliphatic hydroxyl groups is 1. The summed E-state index contributed by atoms with van der Waals surface area (Å²) in [4.78, 5) is 38.5. The Bertz CT molecular complexity index is 1580. The van der Waals surface area contributed by atoms with E-state index in [1.165, 1.54) is 0 Å². The first-order valence-corrected chi connectivity index (χ1v) is 14.3. The number of hydrogen-bond acceptors (Lipinski definition) is 7. The number of fused-ring (bicyclic) bond motifs is 1. The lowest BCUT2D eigenvalue weighted by Gasteiger charge is -2.32. The van der Waals surface area contributed by atoms with Crippen molar-refractivity contribution >= 4 is 34.8 Å². The molecule has 3 aromatic heterocycles. The Morgan fingerprint density at radius 2 is 1.93 bits per heavy atom. The number of aromatic nitrogens is 3. The van der Waals surface area contributed by atoms with Crippen LogP contribution in [-0.4, -0.2) is 87.2 Å². The zero-order chi connectivity index (χ0) is 29.1. The maximum absolute atomic E-state index is 13.1. The van der Waals surface area contributed by atoms with Gasteiger partial charge in [-0.15, -0.1) is 0 Å². The Labute approximate surface area is 244 Å². The molecule has 2 aliphatic heterocycles. The third-order valence-electron chi connectivity index (χ3n) is 8.01. The van der Waals surface area contributed by atoms with Gasteiger partial charge in [-0.1, -0.05) is 12.1 Å². The van der Waals surface area contributed by atoms with E-state index in [4.69, 9.17) is 4.74 Å². The molecular weight excluding hydrogens is 534 g/mol. The van der Waals surface area contributed by atoms with Crippen LogP contribution in [0.4, 0.5) is 22.0 Å². The van der Waals surface area contributed by atoms with Crippen molar-refractivity contribution in [3.8, 4) is 11.1 Å². The molecule has 0 bridgehead atoms. The predicted molar refractivity (Wildman–Crippen MR) is 160 cm³/mol. The van der Waals surface area contributed by atoms with Crippen LogP contribution >= 0.6 is 0 Å². The first-order chi connectivity index (χ1) is 20.5. The second-order valence-electron chi connectivity index (χ2n) is 10.8. The highest BCUT2D eigenvalue weighted by atomic mass is 16.5. The van der Waals surface area contributed by atoms with E-state index >= 15 is 0 Å². The number of pyridine rings is 2. The van der Waals surface area contributed by atoms with Crippen molar-refractivity contribution < 1.29 is 19.4 Å². The van der Waals surface area contributed by atoms with Crippen molar-refractivity contribution in [1.29, 1.82) is 0 Å². The summed E-state index contributed by atoms with van der Waals surface area (Å²) < 4.78 is 7.29. The number of rotatable bonds is 6. The number of nitrogens with zero attached hydrogens (tertiary/aromatic N) is 5. The topological polar surface area (TPSA) is 124 Å². The SMILES string of the molecule is Cc1c(NC(=O)N2CCCC(CO)C2)cccc1-c1cc(Nc2ccc(C(=O)N3CCOCC3)cn2)c2nccn2c1. The molecule has 1 atom stereocenters. The average Bonchev–Trinajstić information content (AvgIpc) is 3.52. The van der Waals surface area contributed by atoms with Crippen LogP contribution in [0.15, 0.2) is 61.2 Å². The summed E-state index contributed by atoms with van der Waals surface area (Å²) >= 11 is 0. The summed E-state index contributed by atoms with van der Waals surface area (Å²) in [6.07, 6.45) is 9.05. The van der Waals surface area contributed by atoms with Crippen molar-refractivity contribution in [3.05, 3.63) is 72.3 Å². The average molecular weight is 570 g/mol. The van der Waals surface area contributed by atoms with Gasteiger partial charge in [0.25, 0.3) is 5.91 Å². The van der Waals surface area contributed by atoms with Gasteiger partial charge in [0.05, 0.1) is 24.5 Å². The first kappa shape index (κ1) is 27.7. The molecule has 0 radical (unpaired) electrons. The van der Waals surface area contributed by atoms with Crippen LogP contribution in [0.25, 0.3) is 16.8 Å². The molecule has 11 heteroatoms. The van der Waals surface area contributed by atoms with Crippen LogP contribution < -0.4 is 10.6 Å². The van der Waals surface area contributed by atoms with Gasteiger partial charge >= 0.3 is 6.03 Å². The van der Waals surface area contributed by atoms with Gasteiger partial charge in [0.2, 0.25) is 0 Å². The second-order valence-corrected chi connectivity index (χ2v) is 10.8. The molecule has 5 heterocycles. The van der Waals surface area contributed by atoms with Gasteiger partial charge < -0.3 is 34.7 Å². The van der Waals surface area contributed by atoms with E-state index in [0.29, 0.717) is 50.8 Å². The van der Waals surface area contributed by atoms with Crippen LogP contribution in [0, 0.1) is 12.8 Å². The van der Waals surface area contributed by atoms with Gasteiger partial charge in [-0.25, -0.2) is 14.8 Å². The lowest BCUT2D eigenvalue weighted by molar-refractivity contribution is 0.0302. The normalized spacial score (nSPS) is 17.3. The van der Waals surface area contributed by atoms with E-state index in [0.717, 1.165) is 46.6 Å². The summed E-state index contributed by atoms with van der Waals surface area (Å²) in [7, 11) is 0. The number of ether oxygens (including phenoxy) is 1. The Hall–Kier alpha value is -4.48. The molecule has 0 spiro atoms. The summed E-state index contributed by atoms with van der Waals surface area (Å²) in [5.41, 5.74) is 5.62. The van der Waals surface area contributed by atoms with Crippen LogP contribution in [0.5, 0.6) is 0 Å². The number of piperidine rings is 1. The number of anilines is 3. The van der Waals surface area contributed by atoms with Gasteiger partial charge in [-0.3, -0.25) is 4.79 Å². The van der Waals surface area contributed by atoms with Gasteiger partial charge in [-0.05, 0) is 61.1 Å². The van der Waals surface area contributed by atoms with Gasteiger partial charge in [0.1, 0.15) is 5.82 Å². The number of benzene rings is 1. The molecule has 2 aliphatic rings. The zero-order valence-corrected chi connectivity index (χ0v) is 23.6. The quantitative estimate of drug-likeness (QED) is 0.319. The fourth-order valence-corrected chi connectivity index (χ4v) is 5.63. The minimum atomic E-state index is -0.151. The third-order valence-corrected chi connectivity index (χ3v) is 8.01. The van der Waals surface area contributed by atoms with E-state index in [2.05, 4.69) is 20.6 Å². The van der Waals surface area contributed by atoms with Crippen LogP contribution in [0.1, 0.15) is 28.8 Å². The second kappa shape index (κ2) is 12.2. The lowest BCUT2D eigenvalue weighted by Crippen LogP contribution is -2.43. The molecule has 1 unspecified atom stereocenters. The number of morpholine rings is 1. The minimum absolute atomic E-state index is 0.0501. The van der Waals surface area contributed by atoms with Gasteiger partial charge in [-0.2, -0.15) is 0 Å². The number of hydrogen-bond donors (Lipinski definition) is 3. The maximum Gasteiger partial charge on any atom is 0.321 e. The van der Waals surface area contributed by atoms with Crippen LogP contribution in [-0.2, 0) is 4.74 Å². The maximum atomic E-state index is 13.1. The highest BCUT2D eigenvalue weighted by Crippen LogP contribution is 2.33. The monoisotopic (exact) mass is 569 g/mol. The summed E-state index contributed by atoms with van der Waals surface area (Å²) in [6, 6.07) is 11.3. The van der Waals surface area contributed by atoms with E-state index in [-0.39, 0.29) is 24.5 Å². The van der Waals surface area contributed by atoms with E-state index < -0.39 is 0 Å². The van der Waals surface area contributed by atoms with E-state index in [1.807, 2.05) is 48.0 Å². The number of imidazole rings is 1. The van der Waals surface area contributed by atoms with E-state index in [9.17, 15) is 14.7 Å². The number of urea groups is 1. The summed E-state index contributed by atoms with van der Waals surface area (Å²) in [6.45, 7) is 5.59. The van der Waals surface area contributed by atoms with Crippen molar-refractivity contribution in [1.82, 2.24) is 24.2 Å². The lowest BCUT2D eigenvalue weighted by atomic mass is 9.99. The van der Waals surface area contributed by atoms with Gasteiger partial charge in [0, 0.05) is 68.8 Å². The molecule has 2 fully saturated rings. The Morgan fingerprint density at radius 1 is 1.07 bits per heavy atom. The fraction of sp³-hybridized carbons (Fsp3) is 0.355. The van der Waals surface area contributed by atoms with Crippen molar-refractivity contribution in [2.45, 2.75) is 19.8 Å². The highest BCUT2D eigenvalue weighted by molar-refractivity contribution is 5.94. The molecule has 2 saturated heterocycles. The molecule has 1 aromatic carbocycles. The van der Waals surface area contributed by atoms with Crippen molar-refractivity contribution in [2.24, 2.45) is 5.92 Å². The number of carbonyl (C=O) groups is 2. The highest BCUT2D eigenvalue weighted by Gasteiger charge is 2.24. The Morgan fingerprint density at radius 3 is 2.71 bits per heavy atom. The molecule has 3 N–H and O–H groups in total. The number of aliphatic hydroxyl groups excluding tert-OH is 1. The number of likely N-dealkylation sites (tertiary alicyclic amines) is 1. The molecule has 218 valence electrons. The van der Waals surface area contributed by atoms with E-state index in [1.54, 1.807) is 34.3 Å². The first-order valence-electron chi connectivity index (χ1n) is 14.3. The van der Waals surface area contributed by atoms with Gasteiger partial charge in [0.15, 0.2) is 5.65 Å². The zero-order valence-electron chi connectivity index (χ0n) is 23.6. The standard InChI is InChI=1S/C31H35N7O4/c1-21-25(5-2-6-26(21)35-31(41)38-10-3-4-22(18-38)20-39)24-16-27(29-32-9-11-37(29)19-24)34-28-8-7-23(17-33-28)30(40)36-12-14-42-15-13-36/h2,5-9,11,16-17,19,22,39H,3-4,10,12-15,18,20H2,1H3,(H,33,34)(H,35,41). The Balaban J connectivity index is 1.23.